The Morgan fingerprint density at radius 1 is 0.746 bits per heavy atom. The van der Waals surface area contributed by atoms with Crippen LogP contribution in [0.3, 0.4) is 0 Å². The molecule has 0 fully saturated rings. The number of carbonyl (C=O) groups is 7. The lowest BCUT2D eigenvalue weighted by Crippen LogP contribution is -2.53. The molecule has 0 aliphatic heterocycles. The Kier molecular flexibility index (Phi) is 26.0. The van der Waals surface area contributed by atoms with Gasteiger partial charge in [-0.05, 0) is 48.1 Å². The Balaban J connectivity index is 1.71. The molecule has 1 heterocycles. The largest absolute Gasteiger partial charge is 0.481 e. The number of nitrogens with zero attached hydrogens (tertiary/aromatic N) is 2. The lowest BCUT2D eigenvalue weighted by atomic mass is 9.82. The van der Waals surface area contributed by atoms with Crippen LogP contribution in [0.4, 0.5) is 8.78 Å². The van der Waals surface area contributed by atoms with Crippen LogP contribution in [0.2, 0.25) is 0 Å². The second-order valence-corrected chi connectivity index (χ2v) is 17.5. The van der Waals surface area contributed by atoms with Crippen molar-refractivity contribution >= 4 is 41.4 Å². The molecule has 3 rings (SSSR count). The lowest BCUT2D eigenvalue weighted by Gasteiger charge is -2.41. The number of ether oxygens (including phenoxy) is 4. The summed E-state index contributed by atoms with van der Waals surface area (Å²) in [5.74, 6) is -6.79. The number of ketones is 1. The molecule has 1 aromatic heterocycles. The van der Waals surface area contributed by atoms with Gasteiger partial charge < -0.3 is 65.4 Å². The molecule has 0 unspecified atom stereocenters. The predicted molar refractivity (Wildman–Crippen MR) is 254 cm³/mol. The third-order valence-electron chi connectivity index (χ3n) is 10.8. The standard InChI is InChI=1S/C49H68F2N6O14/c1-49(2,3)46(41-27-34(37-28-35(50)9-11-38(37)51)31-56(41)30-33-7-5-4-6-8-33)57(43(61)32-58)18-15-39(52)47(66)55-40(12-10-36(59)29-54-42(60)13-14-44(62)63)48(67)53-17-20-69-22-24-71-26-25-70-23-21-68-19-16-45(64)65/h4-9,11,27-28,31,39-40,46,58H,10,12-26,29-30,32,52H2,1-3H3,(H,53,67)(H,54,60)(H,55,66)(H,62,63)(H,64,65)/t39-,40+,46-/m0/s1. The Hall–Kier alpha value is -6.17. The summed E-state index contributed by atoms with van der Waals surface area (Å²) in [5.41, 5.74) is 7.40. The number of nitrogens with one attached hydrogen (secondary N) is 3. The van der Waals surface area contributed by atoms with E-state index in [0.29, 0.717) is 11.3 Å². The molecule has 4 amide bonds. The van der Waals surface area contributed by atoms with Gasteiger partial charge in [-0.2, -0.15) is 0 Å². The highest BCUT2D eigenvalue weighted by Gasteiger charge is 2.38. The van der Waals surface area contributed by atoms with Gasteiger partial charge in [-0.1, -0.05) is 51.1 Å². The molecule has 0 spiro atoms. The minimum absolute atomic E-state index is 0.00162. The molecule has 0 aliphatic carbocycles. The molecule has 71 heavy (non-hydrogen) atoms. The molecular weight excluding hydrogens is 935 g/mol. The minimum atomic E-state index is -1.33. The first-order valence-electron chi connectivity index (χ1n) is 23.3. The number of aliphatic hydroxyl groups excluding tert-OH is 1. The maximum Gasteiger partial charge on any atom is 0.305 e. The van der Waals surface area contributed by atoms with Crippen molar-refractivity contribution in [2.45, 2.75) is 84.0 Å². The van der Waals surface area contributed by atoms with Crippen LogP contribution in [-0.4, -0.2) is 157 Å². The van der Waals surface area contributed by atoms with Gasteiger partial charge in [0.15, 0.2) is 5.78 Å². The van der Waals surface area contributed by atoms with Gasteiger partial charge in [0.05, 0.1) is 84.3 Å². The fraction of sp³-hybridized carbons (Fsp3) is 0.531. The molecule has 2 aromatic carbocycles. The van der Waals surface area contributed by atoms with Gasteiger partial charge in [0.2, 0.25) is 23.6 Å². The zero-order valence-corrected chi connectivity index (χ0v) is 40.5. The van der Waals surface area contributed by atoms with Crippen LogP contribution in [0.25, 0.3) is 11.1 Å². The van der Waals surface area contributed by atoms with Gasteiger partial charge in [-0.3, -0.25) is 33.6 Å². The third-order valence-corrected chi connectivity index (χ3v) is 10.8. The van der Waals surface area contributed by atoms with Crippen molar-refractivity contribution < 1.29 is 76.6 Å². The lowest BCUT2D eigenvalue weighted by molar-refractivity contribution is -0.140. The molecule has 0 radical (unpaired) electrons. The number of nitrogens with two attached hydrogens (primary N) is 1. The van der Waals surface area contributed by atoms with Crippen molar-refractivity contribution in [2.75, 3.05) is 79.1 Å². The summed E-state index contributed by atoms with van der Waals surface area (Å²) < 4.78 is 52.9. The van der Waals surface area contributed by atoms with E-state index in [-0.39, 0.29) is 110 Å². The highest BCUT2D eigenvalue weighted by Crippen LogP contribution is 2.41. The van der Waals surface area contributed by atoms with Crippen molar-refractivity contribution in [3.8, 4) is 11.1 Å². The molecular formula is C49H68F2N6O14. The van der Waals surface area contributed by atoms with Crippen LogP contribution in [0.15, 0.2) is 60.8 Å². The monoisotopic (exact) mass is 1000 g/mol. The molecule has 0 saturated carbocycles. The summed E-state index contributed by atoms with van der Waals surface area (Å²) in [6.07, 6.45) is 0.134. The number of carboxylic acids is 2. The summed E-state index contributed by atoms with van der Waals surface area (Å²) in [5, 5.41) is 35.3. The van der Waals surface area contributed by atoms with Crippen molar-refractivity contribution in [3.63, 3.8) is 0 Å². The van der Waals surface area contributed by atoms with Crippen molar-refractivity contribution in [2.24, 2.45) is 11.1 Å². The average molecular weight is 1000 g/mol. The maximum atomic E-state index is 15.2. The molecule has 8 N–H and O–H groups in total. The first kappa shape index (κ1) is 59.1. The highest BCUT2D eigenvalue weighted by atomic mass is 19.1. The zero-order valence-electron chi connectivity index (χ0n) is 40.5. The predicted octanol–water partition coefficient (Wildman–Crippen LogP) is 2.58. The second kappa shape index (κ2) is 31.2. The fourth-order valence-corrected chi connectivity index (χ4v) is 7.25. The molecule has 0 saturated heterocycles. The summed E-state index contributed by atoms with van der Waals surface area (Å²) in [6, 6.07) is 10.7. The van der Waals surface area contributed by atoms with Crippen LogP contribution in [-0.2, 0) is 59.1 Å². The number of rotatable bonds is 35. The molecule has 20 nitrogen and oxygen atoms in total. The van der Waals surface area contributed by atoms with E-state index in [2.05, 4.69) is 16.0 Å². The first-order chi connectivity index (χ1) is 33.8. The number of Topliss-reactive ketones (excluding diaryl/α,β-unsaturated/α-hetero) is 1. The normalized spacial score (nSPS) is 12.7. The highest BCUT2D eigenvalue weighted by molar-refractivity contribution is 5.91. The molecule has 3 atom stereocenters. The number of aromatic nitrogens is 1. The Morgan fingerprint density at radius 2 is 1.37 bits per heavy atom. The van der Waals surface area contributed by atoms with E-state index in [1.807, 2.05) is 55.7 Å². The van der Waals surface area contributed by atoms with Gasteiger partial charge >= 0.3 is 11.9 Å². The SMILES string of the molecule is CC(C)(C)[C@H](c1cc(-c2cc(F)ccc2F)cn1Cc1ccccc1)N(CC[C@H](N)C(=O)N[C@H](CCC(=O)CNC(=O)CCC(=O)O)C(=O)NCCOCCOCCOCCOCCC(=O)O)C(=O)CO. The van der Waals surface area contributed by atoms with E-state index in [0.717, 1.165) is 23.8 Å². The number of aliphatic hydroxyl groups is 1. The Bertz CT molecular complexity index is 2190. The van der Waals surface area contributed by atoms with E-state index in [1.165, 1.54) is 4.90 Å². The van der Waals surface area contributed by atoms with E-state index >= 15 is 4.39 Å². The second-order valence-electron chi connectivity index (χ2n) is 17.5. The van der Waals surface area contributed by atoms with Crippen molar-refractivity contribution in [3.05, 3.63) is 83.7 Å². The van der Waals surface area contributed by atoms with Gasteiger partial charge in [0.25, 0.3) is 0 Å². The topological polar surface area (TPSA) is 287 Å². The average Bonchev–Trinajstić information content (AvgIpc) is 3.73. The van der Waals surface area contributed by atoms with Crippen LogP contribution >= 0.6 is 0 Å². The number of amides is 4. The number of halogens is 2. The van der Waals surface area contributed by atoms with Crippen LogP contribution in [0.5, 0.6) is 0 Å². The number of aliphatic carboxylic acids is 2. The third kappa shape index (κ3) is 22.2. The van der Waals surface area contributed by atoms with Crippen LogP contribution < -0.4 is 21.7 Å². The van der Waals surface area contributed by atoms with Gasteiger partial charge in [-0.15, -0.1) is 0 Å². The molecule has 3 aromatic rings. The fourth-order valence-electron chi connectivity index (χ4n) is 7.25. The number of hydrogen-bond acceptors (Lipinski definition) is 13. The van der Waals surface area contributed by atoms with Gasteiger partial charge in [0, 0.05) is 55.5 Å². The van der Waals surface area contributed by atoms with Gasteiger partial charge in [0.1, 0.15) is 24.3 Å². The number of benzene rings is 2. The van der Waals surface area contributed by atoms with E-state index in [1.54, 1.807) is 12.3 Å². The van der Waals surface area contributed by atoms with Gasteiger partial charge in [-0.25, -0.2) is 8.78 Å². The van der Waals surface area contributed by atoms with Crippen molar-refractivity contribution in [1.29, 1.82) is 0 Å². The zero-order chi connectivity index (χ0) is 52.3. The van der Waals surface area contributed by atoms with E-state index < -0.39 is 96.1 Å². The molecule has 0 aliphatic rings. The first-order valence-corrected chi connectivity index (χ1v) is 23.3. The summed E-state index contributed by atoms with van der Waals surface area (Å²) >= 11 is 0. The van der Waals surface area contributed by atoms with E-state index in [4.69, 9.17) is 34.9 Å². The van der Waals surface area contributed by atoms with Crippen LogP contribution in [0.1, 0.15) is 76.6 Å². The summed E-state index contributed by atoms with van der Waals surface area (Å²) in [4.78, 5) is 88.4. The Morgan fingerprint density at radius 3 is 1.97 bits per heavy atom. The summed E-state index contributed by atoms with van der Waals surface area (Å²) in [6.45, 7) is 5.94. The molecule has 392 valence electrons. The minimum Gasteiger partial charge on any atom is -0.481 e. The maximum absolute atomic E-state index is 15.2. The quantitative estimate of drug-likeness (QED) is 0.0417. The molecule has 0 bridgehead atoms. The molecule has 22 heteroatoms. The number of carbonyl (C=O) groups excluding carboxylic acids is 5. The number of hydrogen-bond donors (Lipinski definition) is 7. The van der Waals surface area contributed by atoms with Crippen LogP contribution in [0, 0.1) is 17.0 Å². The number of carboxylic acid groups (broad SMARTS) is 2. The smallest absolute Gasteiger partial charge is 0.305 e. The summed E-state index contributed by atoms with van der Waals surface area (Å²) in [7, 11) is 0. The van der Waals surface area contributed by atoms with E-state index in [9.17, 15) is 43.1 Å². The Labute approximate surface area is 411 Å². The van der Waals surface area contributed by atoms with Crippen molar-refractivity contribution in [1.82, 2.24) is 25.4 Å².